The van der Waals surface area contributed by atoms with Crippen molar-refractivity contribution in [2.24, 2.45) is 0 Å². The van der Waals surface area contributed by atoms with Crippen molar-refractivity contribution in [3.8, 4) is 5.69 Å². The minimum absolute atomic E-state index is 0.108. The number of halogens is 3. The summed E-state index contributed by atoms with van der Waals surface area (Å²) in [6.07, 6.45) is 3.33. The zero-order chi connectivity index (χ0) is 10.8. The van der Waals surface area contributed by atoms with Gasteiger partial charge in [0.15, 0.2) is 0 Å². The van der Waals surface area contributed by atoms with E-state index in [-0.39, 0.29) is 5.02 Å². The van der Waals surface area contributed by atoms with Crippen LogP contribution in [0.1, 0.15) is 5.69 Å². The second-order valence-electron chi connectivity index (χ2n) is 3.00. The molecule has 0 fully saturated rings. The second kappa shape index (κ2) is 4.21. The van der Waals surface area contributed by atoms with Crippen molar-refractivity contribution in [2.75, 3.05) is 0 Å². The molecule has 2 nitrogen and oxygen atoms in total. The molecular weight excluding hydrogens is 238 g/mol. The highest BCUT2D eigenvalue weighted by Gasteiger charge is 2.03. The largest absolute Gasteiger partial charge is 0.306 e. The van der Waals surface area contributed by atoms with Crippen molar-refractivity contribution in [3.05, 3.63) is 47.3 Å². The van der Waals surface area contributed by atoms with E-state index in [4.69, 9.17) is 23.2 Å². The van der Waals surface area contributed by atoms with E-state index in [2.05, 4.69) is 4.98 Å². The summed E-state index contributed by atoms with van der Waals surface area (Å²) in [4.78, 5) is 4.04. The monoisotopic (exact) mass is 244 g/mol. The molecule has 1 heterocycles. The standard InChI is InChI=1S/C10H7Cl2FN2/c11-4-7-5-15(6-14-7)8-1-2-9(12)10(13)3-8/h1-3,5-6H,4H2. The van der Waals surface area contributed by atoms with Gasteiger partial charge in [-0.2, -0.15) is 0 Å². The van der Waals surface area contributed by atoms with Gasteiger partial charge in [0, 0.05) is 11.9 Å². The number of hydrogen-bond donors (Lipinski definition) is 0. The quantitative estimate of drug-likeness (QED) is 0.741. The summed E-state index contributed by atoms with van der Waals surface area (Å²) in [6, 6.07) is 4.57. The topological polar surface area (TPSA) is 17.8 Å². The first-order chi connectivity index (χ1) is 7.20. The van der Waals surface area contributed by atoms with Crippen LogP contribution in [0.5, 0.6) is 0 Å². The Bertz CT molecular complexity index is 482. The lowest BCUT2D eigenvalue weighted by atomic mass is 10.3. The van der Waals surface area contributed by atoms with Crippen molar-refractivity contribution >= 4 is 23.2 Å². The Kier molecular flexibility index (Phi) is 2.93. The molecule has 1 aromatic heterocycles. The molecule has 0 saturated heterocycles. The third-order valence-corrected chi connectivity index (χ3v) is 2.55. The minimum atomic E-state index is -0.449. The van der Waals surface area contributed by atoms with Crippen molar-refractivity contribution in [3.63, 3.8) is 0 Å². The van der Waals surface area contributed by atoms with Gasteiger partial charge in [0.05, 0.1) is 22.9 Å². The van der Waals surface area contributed by atoms with Gasteiger partial charge < -0.3 is 4.57 Å². The SMILES string of the molecule is Fc1cc(-n2cnc(CCl)c2)ccc1Cl. The van der Waals surface area contributed by atoms with Crippen LogP contribution < -0.4 is 0 Å². The predicted octanol–water partition coefficient (Wildman–Crippen LogP) is 3.40. The molecule has 2 rings (SSSR count). The molecule has 78 valence electrons. The number of imidazole rings is 1. The fourth-order valence-electron chi connectivity index (χ4n) is 1.22. The summed E-state index contributed by atoms with van der Waals surface area (Å²) in [6.45, 7) is 0. The maximum atomic E-state index is 13.2. The maximum absolute atomic E-state index is 13.2. The number of aromatic nitrogens is 2. The van der Waals surface area contributed by atoms with Gasteiger partial charge in [0.1, 0.15) is 5.82 Å². The molecule has 0 aliphatic rings. The average Bonchev–Trinajstić information content (AvgIpc) is 2.70. The summed E-state index contributed by atoms with van der Waals surface area (Å²) in [5.74, 6) is -0.112. The molecule has 1 aromatic carbocycles. The summed E-state index contributed by atoms with van der Waals surface area (Å²) in [7, 11) is 0. The third kappa shape index (κ3) is 2.13. The predicted molar refractivity (Wildman–Crippen MR) is 58.1 cm³/mol. The molecule has 0 bridgehead atoms. The Morgan fingerprint density at radius 2 is 2.20 bits per heavy atom. The number of alkyl halides is 1. The van der Waals surface area contributed by atoms with E-state index >= 15 is 0 Å². The molecule has 15 heavy (non-hydrogen) atoms. The van der Waals surface area contributed by atoms with Crippen LogP contribution in [-0.2, 0) is 5.88 Å². The molecule has 0 atom stereocenters. The minimum Gasteiger partial charge on any atom is -0.306 e. The molecule has 0 N–H and O–H groups in total. The molecule has 0 saturated carbocycles. The van der Waals surface area contributed by atoms with Gasteiger partial charge in [-0.3, -0.25) is 0 Å². The average molecular weight is 245 g/mol. The van der Waals surface area contributed by atoms with Crippen molar-refractivity contribution in [1.82, 2.24) is 9.55 Å². The van der Waals surface area contributed by atoms with Gasteiger partial charge in [0.25, 0.3) is 0 Å². The highest BCUT2D eigenvalue weighted by molar-refractivity contribution is 6.30. The van der Waals surface area contributed by atoms with E-state index in [0.717, 1.165) is 5.69 Å². The van der Waals surface area contributed by atoms with E-state index < -0.39 is 5.82 Å². The van der Waals surface area contributed by atoms with Gasteiger partial charge in [-0.05, 0) is 18.2 Å². The lowest BCUT2D eigenvalue weighted by molar-refractivity contribution is 0.627. The molecule has 0 spiro atoms. The Hall–Kier alpha value is -1.06. The first-order valence-electron chi connectivity index (χ1n) is 4.25. The van der Waals surface area contributed by atoms with Crippen LogP contribution >= 0.6 is 23.2 Å². The van der Waals surface area contributed by atoms with Crippen LogP contribution in [0.25, 0.3) is 5.69 Å². The number of hydrogen-bond acceptors (Lipinski definition) is 1. The fraction of sp³-hybridized carbons (Fsp3) is 0.100. The highest BCUT2D eigenvalue weighted by Crippen LogP contribution is 2.18. The third-order valence-electron chi connectivity index (χ3n) is 1.97. The van der Waals surface area contributed by atoms with Crippen LogP contribution in [0.4, 0.5) is 4.39 Å². The highest BCUT2D eigenvalue weighted by atomic mass is 35.5. The molecule has 0 radical (unpaired) electrons. The van der Waals surface area contributed by atoms with Crippen LogP contribution in [-0.4, -0.2) is 9.55 Å². The summed E-state index contributed by atoms with van der Waals surface area (Å²) >= 11 is 11.2. The van der Waals surface area contributed by atoms with Crippen LogP contribution in [0.2, 0.25) is 5.02 Å². The van der Waals surface area contributed by atoms with Gasteiger partial charge in [-0.1, -0.05) is 11.6 Å². The van der Waals surface area contributed by atoms with E-state index in [1.165, 1.54) is 12.1 Å². The molecule has 0 amide bonds. The molecule has 0 aliphatic heterocycles. The van der Waals surface area contributed by atoms with Crippen LogP contribution in [0.3, 0.4) is 0 Å². The first kappa shape index (κ1) is 10.5. The maximum Gasteiger partial charge on any atom is 0.143 e. The molecule has 0 unspecified atom stereocenters. The van der Waals surface area contributed by atoms with Crippen LogP contribution in [0.15, 0.2) is 30.7 Å². The van der Waals surface area contributed by atoms with Crippen LogP contribution in [0, 0.1) is 5.82 Å². The Morgan fingerprint density at radius 1 is 1.40 bits per heavy atom. The lowest BCUT2D eigenvalue weighted by Crippen LogP contribution is -1.91. The van der Waals surface area contributed by atoms with Gasteiger partial charge >= 0.3 is 0 Å². The number of nitrogens with zero attached hydrogens (tertiary/aromatic N) is 2. The smallest absolute Gasteiger partial charge is 0.143 e. The van der Waals surface area contributed by atoms with Crippen molar-refractivity contribution in [1.29, 1.82) is 0 Å². The van der Waals surface area contributed by atoms with E-state index in [1.807, 2.05) is 0 Å². The number of benzene rings is 1. The van der Waals surface area contributed by atoms with E-state index in [9.17, 15) is 4.39 Å². The molecule has 0 aliphatic carbocycles. The fourth-order valence-corrected chi connectivity index (χ4v) is 1.47. The Morgan fingerprint density at radius 3 is 2.80 bits per heavy atom. The lowest BCUT2D eigenvalue weighted by Gasteiger charge is -2.02. The van der Waals surface area contributed by atoms with Gasteiger partial charge in [-0.25, -0.2) is 9.37 Å². The zero-order valence-electron chi connectivity index (χ0n) is 7.62. The van der Waals surface area contributed by atoms with E-state index in [1.54, 1.807) is 23.2 Å². The van der Waals surface area contributed by atoms with Gasteiger partial charge in [-0.15, -0.1) is 11.6 Å². The summed E-state index contributed by atoms with van der Waals surface area (Å²) < 4.78 is 14.9. The summed E-state index contributed by atoms with van der Waals surface area (Å²) in [5.41, 5.74) is 1.41. The molecular formula is C10H7Cl2FN2. The normalized spacial score (nSPS) is 10.6. The first-order valence-corrected chi connectivity index (χ1v) is 5.16. The number of rotatable bonds is 2. The van der Waals surface area contributed by atoms with Crippen molar-refractivity contribution in [2.45, 2.75) is 5.88 Å². The molecule has 5 heteroatoms. The van der Waals surface area contributed by atoms with Gasteiger partial charge in [0.2, 0.25) is 0 Å². The Balaban J connectivity index is 2.40. The molecule has 2 aromatic rings. The zero-order valence-corrected chi connectivity index (χ0v) is 9.13. The van der Waals surface area contributed by atoms with Crippen molar-refractivity contribution < 1.29 is 4.39 Å². The summed E-state index contributed by atoms with van der Waals surface area (Å²) in [5, 5.41) is 0.108. The Labute approximate surface area is 96.3 Å². The van der Waals surface area contributed by atoms with E-state index in [0.29, 0.717) is 11.6 Å². The second-order valence-corrected chi connectivity index (χ2v) is 3.68.